The third-order valence-corrected chi connectivity index (χ3v) is 6.07. The molecule has 2 heterocycles. The molecule has 1 amide bonds. The lowest BCUT2D eigenvalue weighted by Gasteiger charge is -2.35. The van der Waals surface area contributed by atoms with Gasteiger partial charge in [-0.05, 0) is 18.2 Å². The molecule has 4 nitrogen and oxygen atoms in total. The molecule has 1 unspecified atom stereocenters. The smallest absolute Gasteiger partial charge is 0.226 e. The van der Waals surface area contributed by atoms with Gasteiger partial charge in [0, 0.05) is 65.5 Å². The van der Waals surface area contributed by atoms with Gasteiger partial charge >= 0.3 is 0 Å². The molecule has 27 heavy (non-hydrogen) atoms. The standard InChI is InChI=1S/C19H24ClN3OS.2ClH/c1-14(12-21)19(24)23-10-8-22(9-11-23)13-15-6-7-18(25-15)16-4-2-3-5-17(16)20;;/h2-7,14H,8-13,21H2,1H3;2*1H. The zero-order valence-electron chi connectivity index (χ0n) is 15.3. The molecule has 0 spiro atoms. The molecule has 1 aromatic heterocycles. The molecule has 0 radical (unpaired) electrons. The monoisotopic (exact) mass is 449 g/mol. The molecule has 150 valence electrons. The van der Waals surface area contributed by atoms with Gasteiger partial charge in [0.25, 0.3) is 0 Å². The van der Waals surface area contributed by atoms with E-state index in [1.807, 2.05) is 30.0 Å². The minimum absolute atomic E-state index is 0. The van der Waals surface area contributed by atoms with Gasteiger partial charge in [0.05, 0.1) is 0 Å². The topological polar surface area (TPSA) is 49.6 Å². The molecule has 2 aromatic rings. The number of nitrogens with two attached hydrogens (primary N) is 1. The second kappa shape index (κ2) is 11.2. The molecule has 1 fully saturated rings. The minimum atomic E-state index is -0.0815. The van der Waals surface area contributed by atoms with Crippen LogP contribution in [0.4, 0.5) is 0 Å². The highest BCUT2D eigenvalue weighted by molar-refractivity contribution is 7.15. The summed E-state index contributed by atoms with van der Waals surface area (Å²) in [4.78, 5) is 19.1. The van der Waals surface area contributed by atoms with Crippen LogP contribution in [0.2, 0.25) is 5.02 Å². The Hall–Kier alpha value is -0.820. The van der Waals surface area contributed by atoms with Crippen molar-refractivity contribution in [3.63, 3.8) is 0 Å². The van der Waals surface area contributed by atoms with E-state index in [0.29, 0.717) is 6.54 Å². The molecular weight excluding hydrogens is 425 g/mol. The number of carbonyl (C=O) groups is 1. The van der Waals surface area contributed by atoms with Crippen molar-refractivity contribution in [2.75, 3.05) is 32.7 Å². The fourth-order valence-corrected chi connectivity index (χ4v) is 4.41. The summed E-state index contributed by atoms with van der Waals surface area (Å²) < 4.78 is 0. The third-order valence-electron chi connectivity index (χ3n) is 4.64. The highest BCUT2D eigenvalue weighted by Gasteiger charge is 2.24. The van der Waals surface area contributed by atoms with Crippen LogP contribution in [-0.2, 0) is 11.3 Å². The SMILES string of the molecule is CC(CN)C(=O)N1CCN(Cc2ccc(-c3ccccc3Cl)s2)CC1.Cl.Cl. The Kier molecular flexibility index (Phi) is 10.1. The van der Waals surface area contributed by atoms with Crippen LogP contribution < -0.4 is 5.73 Å². The van der Waals surface area contributed by atoms with Crippen molar-refractivity contribution in [3.8, 4) is 10.4 Å². The third kappa shape index (κ3) is 6.08. The van der Waals surface area contributed by atoms with Crippen molar-refractivity contribution in [3.05, 3.63) is 46.3 Å². The summed E-state index contributed by atoms with van der Waals surface area (Å²) in [6, 6.07) is 12.3. The van der Waals surface area contributed by atoms with Crippen LogP contribution in [0.25, 0.3) is 10.4 Å². The Morgan fingerprint density at radius 2 is 1.81 bits per heavy atom. The Morgan fingerprint density at radius 1 is 1.15 bits per heavy atom. The van der Waals surface area contributed by atoms with E-state index in [4.69, 9.17) is 17.3 Å². The molecule has 1 aliphatic heterocycles. The molecule has 1 aromatic carbocycles. The van der Waals surface area contributed by atoms with Crippen molar-refractivity contribution >= 4 is 53.7 Å². The van der Waals surface area contributed by atoms with Gasteiger partial charge in [0.15, 0.2) is 0 Å². The summed E-state index contributed by atoms with van der Waals surface area (Å²) in [5.41, 5.74) is 6.69. The number of benzene rings is 1. The average Bonchev–Trinajstić information content (AvgIpc) is 3.09. The van der Waals surface area contributed by atoms with E-state index in [0.717, 1.165) is 43.3 Å². The Balaban J connectivity index is 0.00000182. The molecule has 8 heteroatoms. The summed E-state index contributed by atoms with van der Waals surface area (Å²) in [5, 5.41) is 0.789. The molecule has 0 aliphatic carbocycles. The number of thiophene rings is 1. The van der Waals surface area contributed by atoms with E-state index in [2.05, 4.69) is 23.1 Å². The number of nitrogens with zero attached hydrogens (tertiary/aromatic N) is 2. The minimum Gasteiger partial charge on any atom is -0.340 e. The first-order valence-electron chi connectivity index (χ1n) is 8.63. The van der Waals surface area contributed by atoms with Crippen LogP contribution >= 0.6 is 47.8 Å². The van der Waals surface area contributed by atoms with Crippen LogP contribution in [0.15, 0.2) is 36.4 Å². The summed E-state index contributed by atoms with van der Waals surface area (Å²) in [6.45, 7) is 6.61. The van der Waals surface area contributed by atoms with E-state index in [1.54, 1.807) is 11.3 Å². The average molecular weight is 451 g/mol. The molecule has 0 saturated carbocycles. The maximum atomic E-state index is 12.2. The first kappa shape index (κ1) is 24.2. The molecular formula is C19H26Cl3N3OS. The van der Waals surface area contributed by atoms with Crippen molar-refractivity contribution in [2.45, 2.75) is 13.5 Å². The largest absolute Gasteiger partial charge is 0.340 e. The number of rotatable bonds is 5. The van der Waals surface area contributed by atoms with E-state index >= 15 is 0 Å². The predicted octanol–water partition coefficient (Wildman–Crippen LogP) is 4.15. The first-order valence-corrected chi connectivity index (χ1v) is 9.82. The van der Waals surface area contributed by atoms with Gasteiger partial charge in [0.2, 0.25) is 5.91 Å². The molecule has 3 rings (SSSR count). The van der Waals surface area contributed by atoms with Crippen molar-refractivity contribution in [1.82, 2.24) is 9.80 Å². The van der Waals surface area contributed by atoms with Crippen molar-refractivity contribution in [2.24, 2.45) is 11.7 Å². The number of piperazine rings is 1. The molecule has 1 atom stereocenters. The number of amides is 1. The van der Waals surface area contributed by atoms with Gasteiger partial charge in [-0.15, -0.1) is 36.2 Å². The zero-order chi connectivity index (χ0) is 17.8. The van der Waals surface area contributed by atoms with Crippen LogP contribution in [-0.4, -0.2) is 48.4 Å². The number of carbonyl (C=O) groups excluding carboxylic acids is 1. The number of halogens is 3. The van der Waals surface area contributed by atoms with Gasteiger partial charge in [-0.25, -0.2) is 0 Å². The molecule has 1 aliphatic rings. The van der Waals surface area contributed by atoms with Crippen LogP contribution in [0, 0.1) is 5.92 Å². The lowest BCUT2D eigenvalue weighted by molar-refractivity contribution is -0.136. The Labute approximate surface area is 182 Å². The van der Waals surface area contributed by atoms with Gasteiger partial charge in [0.1, 0.15) is 0 Å². The van der Waals surface area contributed by atoms with Crippen LogP contribution in [0.3, 0.4) is 0 Å². The van der Waals surface area contributed by atoms with Gasteiger partial charge in [-0.3, -0.25) is 9.69 Å². The number of hydrogen-bond acceptors (Lipinski definition) is 4. The quantitative estimate of drug-likeness (QED) is 0.744. The summed E-state index contributed by atoms with van der Waals surface area (Å²) in [7, 11) is 0. The van der Waals surface area contributed by atoms with Gasteiger partial charge < -0.3 is 10.6 Å². The fraction of sp³-hybridized carbons (Fsp3) is 0.421. The van der Waals surface area contributed by atoms with Gasteiger partial charge in [-0.1, -0.05) is 36.7 Å². The van der Waals surface area contributed by atoms with E-state index in [9.17, 15) is 4.79 Å². The van der Waals surface area contributed by atoms with E-state index < -0.39 is 0 Å². The molecule has 2 N–H and O–H groups in total. The maximum Gasteiger partial charge on any atom is 0.226 e. The van der Waals surface area contributed by atoms with E-state index in [-0.39, 0.29) is 36.6 Å². The van der Waals surface area contributed by atoms with E-state index in [1.165, 1.54) is 9.75 Å². The lowest BCUT2D eigenvalue weighted by atomic mass is 10.1. The summed E-state index contributed by atoms with van der Waals surface area (Å²) in [5.74, 6) is 0.0984. The second-order valence-electron chi connectivity index (χ2n) is 6.48. The first-order chi connectivity index (χ1) is 12.1. The number of hydrogen-bond donors (Lipinski definition) is 1. The normalized spacial score (nSPS) is 15.6. The van der Waals surface area contributed by atoms with Crippen LogP contribution in [0.5, 0.6) is 0 Å². The van der Waals surface area contributed by atoms with Gasteiger partial charge in [-0.2, -0.15) is 0 Å². The van der Waals surface area contributed by atoms with Crippen LogP contribution in [0.1, 0.15) is 11.8 Å². The highest BCUT2D eigenvalue weighted by Crippen LogP contribution is 2.33. The predicted molar refractivity (Wildman–Crippen MR) is 119 cm³/mol. The fourth-order valence-electron chi connectivity index (χ4n) is 3.03. The maximum absolute atomic E-state index is 12.2. The molecule has 0 bridgehead atoms. The zero-order valence-corrected chi connectivity index (χ0v) is 18.5. The summed E-state index contributed by atoms with van der Waals surface area (Å²) in [6.07, 6.45) is 0. The second-order valence-corrected chi connectivity index (χ2v) is 8.06. The Bertz CT molecular complexity index is 732. The summed E-state index contributed by atoms with van der Waals surface area (Å²) >= 11 is 8.08. The lowest BCUT2D eigenvalue weighted by Crippen LogP contribution is -2.50. The van der Waals surface area contributed by atoms with Crippen molar-refractivity contribution in [1.29, 1.82) is 0 Å². The van der Waals surface area contributed by atoms with Crippen molar-refractivity contribution < 1.29 is 4.79 Å². The molecule has 1 saturated heterocycles. The highest BCUT2D eigenvalue weighted by atomic mass is 35.5. The Morgan fingerprint density at radius 3 is 2.44 bits per heavy atom.